The van der Waals surface area contributed by atoms with Gasteiger partial charge in [-0.2, -0.15) is 0 Å². The molecule has 5 heteroatoms. The Hall–Kier alpha value is -1.75. The number of hydrogen-bond acceptors (Lipinski definition) is 4. The molecule has 1 saturated heterocycles. The van der Waals surface area contributed by atoms with E-state index >= 15 is 0 Å². The lowest BCUT2D eigenvalue weighted by molar-refractivity contribution is -0.118. The van der Waals surface area contributed by atoms with Crippen molar-refractivity contribution in [3.05, 3.63) is 24.3 Å². The summed E-state index contributed by atoms with van der Waals surface area (Å²) in [6, 6.07) is 8.89. The largest absolute Gasteiger partial charge is 0.491 e. The Morgan fingerprint density at radius 2 is 2.24 bits per heavy atom. The van der Waals surface area contributed by atoms with Crippen molar-refractivity contribution >= 4 is 11.6 Å². The topological polar surface area (TPSA) is 67.6 Å². The summed E-state index contributed by atoms with van der Waals surface area (Å²) in [6.07, 6.45) is 2.47. The van der Waals surface area contributed by atoms with Crippen LogP contribution in [0.15, 0.2) is 24.3 Å². The van der Waals surface area contributed by atoms with E-state index in [0.717, 1.165) is 30.8 Å². The molecule has 5 nitrogen and oxygen atoms in total. The number of para-hydroxylation sites is 2. The van der Waals surface area contributed by atoms with Gasteiger partial charge in [-0.15, -0.1) is 0 Å². The number of anilines is 1. The van der Waals surface area contributed by atoms with Gasteiger partial charge in [0.1, 0.15) is 5.75 Å². The zero-order chi connectivity index (χ0) is 15.2. The predicted octanol–water partition coefficient (Wildman–Crippen LogP) is 1.84. The van der Waals surface area contributed by atoms with Crippen LogP contribution in [0.5, 0.6) is 5.75 Å². The molecule has 0 aliphatic carbocycles. The molecule has 21 heavy (non-hydrogen) atoms. The van der Waals surface area contributed by atoms with Gasteiger partial charge in [0.15, 0.2) is 0 Å². The van der Waals surface area contributed by atoms with Gasteiger partial charge in [-0.05, 0) is 38.9 Å². The highest BCUT2D eigenvalue weighted by atomic mass is 16.5. The van der Waals surface area contributed by atoms with E-state index in [0.29, 0.717) is 18.7 Å². The molecule has 2 atom stereocenters. The second-order valence-corrected chi connectivity index (χ2v) is 5.76. The maximum atomic E-state index is 10.8. The molecule has 1 heterocycles. The van der Waals surface area contributed by atoms with Crippen LogP contribution in [0.2, 0.25) is 0 Å². The number of likely N-dealkylation sites (tertiary alicyclic amines) is 1. The lowest BCUT2D eigenvalue weighted by Crippen LogP contribution is -2.42. The van der Waals surface area contributed by atoms with Crippen LogP contribution >= 0.6 is 0 Å². The number of benzene rings is 1. The second-order valence-electron chi connectivity index (χ2n) is 5.76. The molecule has 0 radical (unpaired) electrons. The number of nitrogens with zero attached hydrogens (tertiary/aromatic N) is 1. The van der Waals surface area contributed by atoms with E-state index in [1.54, 1.807) is 0 Å². The van der Waals surface area contributed by atoms with Crippen LogP contribution in [0, 0.1) is 0 Å². The second kappa shape index (κ2) is 7.31. The van der Waals surface area contributed by atoms with Gasteiger partial charge in [0, 0.05) is 18.6 Å². The Balaban J connectivity index is 1.94. The van der Waals surface area contributed by atoms with E-state index in [4.69, 9.17) is 10.5 Å². The summed E-state index contributed by atoms with van der Waals surface area (Å²) in [5.41, 5.74) is 6.12. The lowest BCUT2D eigenvalue weighted by atomic mass is 9.98. The first-order chi connectivity index (χ1) is 10.1. The molecule has 2 rings (SSSR count). The number of hydrogen-bond donors (Lipinski definition) is 2. The molecule has 1 aromatic rings. The summed E-state index contributed by atoms with van der Waals surface area (Å²) in [4.78, 5) is 13.2. The average molecular weight is 291 g/mol. The average Bonchev–Trinajstić information content (AvgIpc) is 2.44. The van der Waals surface area contributed by atoms with Crippen molar-refractivity contribution in [1.29, 1.82) is 0 Å². The molecule has 116 valence electrons. The molecular formula is C16H25N3O2. The minimum atomic E-state index is -0.343. The summed E-state index contributed by atoms with van der Waals surface area (Å²) >= 11 is 0. The van der Waals surface area contributed by atoms with Gasteiger partial charge in [0.2, 0.25) is 5.91 Å². The molecule has 0 saturated carbocycles. The number of carbonyl (C=O) groups excluding carboxylic acids is 1. The Labute approximate surface area is 126 Å². The van der Waals surface area contributed by atoms with Crippen LogP contribution in [0.4, 0.5) is 5.69 Å². The molecule has 0 bridgehead atoms. The monoisotopic (exact) mass is 291 g/mol. The van der Waals surface area contributed by atoms with Crippen LogP contribution in [0.3, 0.4) is 0 Å². The van der Waals surface area contributed by atoms with Gasteiger partial charge in [0.25, 0.3) is 0 Å². The number of rotatable bonds is 6. The molecule has 0 aromatic heterocycles. The first-order valence-electron chi connectivity index (χ1n) is 7.53. The fourth-order valence-corrected chi connectivity index (χ4v) is 2.61. The highest BCUT2D eigenvalue weighted by Gasteiger charge is 2.23. The molecule has 3 N–H and O–H groups in total. The number of nitrogens with one attached hydrogen (secondary N) is 1. The van der Waals surface area contributed by atoms with Crippen LogP contribution in [-0.2, 0) is 4.79 Å². The van der Waals surface area contributed by atoms with Gasteiger partial charge in [-0.25, -0.2) is 0 Å². The summed E-state index contributed by atoms with van der Waals surface area (Å²) in [5.74, 6) is 0.440. The number of nitrogens with two attached hydrogens (primary N) is 1. The zero-order valence-electron chi connectivity index (χ0n) is 12.8. The molecule has 1 aliphatic rings. The van der Waals surface area contributed by atoms with Crippen molar-refractivity contribution in [2.75, 3.05) is 25.5 Å². The number of ether oxygens (including phenoxy) is 1. The van der Waals surface area contributed by atoms with E-state index in [2.05, 4.69) is 24.2 Å². The van der Waals surface area contributed by atoms with Crippen LogP contribution in [0.25, 0.3) is 0 Å². The zero-order valence-corrected chi connectivity index (χ0v) is 12.8. The fraction of sp³-hybridized carbons (Fsp3) is 0.562. The summed E-state index contributed by atoms with van der Waals surface area (Å²) in [7, 11) is 2.17. The smallest absolute Gasteiger partial charge is 0.220 e. The van der Waals surface area contributed by atoms with Gasteiger partial charge >= 0.3 is 0 Å². The Kier molecular flexibility index (Phi) is 5.44. The van der Waals surface area contributed by atoms with E-state index in [1.807, 2.05) is 24.3 Å². The van der Waals surface area contributed by atoms with Crippen LogP contribution < -0.4 is 15.8 Å². The fourth-order valence-electron chi connectivity index (χ4n) is 2.61. The van der Waals surface area contributed by atoms with Crippen molar-refractivity contribution in [3.63, 3.8) is 0 Å². The van der Waals surface area contributed by atoms with Crippen molar-refractivity contribution in [2.45, 2.75) is 38.3 Å². The van der Waals surface area contributed by atoms with E-state index in [1.165, 1.54) is 0 Å². The maximum Gasteiger partial charge on any atom is 0.220 e. The molecular weight excluding hydrogens is 266 g/mol. The maximum absolute atomic E-state index is 10.8. The number of amides is 1. The van der Waals surface area contributed by atoms with E-state index in [9.17, 15) is 4.79 Å². The van der Waals surface area contributed by atoms with Gasteiger partial charge in [0.05, 0.1) is 18.7 Å². The van der Waals surface area contributed by atoms with Crippen LogP contribution in [-0.4, -0.2) is 43.1 Å². The van der Waals surface area contributed by atoms with Gasteiger partial charge in [-0.1, -0.05) is 12.1 Å². The first kappa shape index (κ1) is 15.6. The molecule has 1 fully saturated rings. The van der Waals surface area contributed by atoms with Crippen molar-refractivity contribution in [3.8, 4) is 5.75 Å². The van der Waals surface area contributed by atoms with E-state index in [-0.39, 0.29) is 12.3 Å². The third kappa shape index (κ3) is 4.63. The quantitative estimate of drug-likeness (QED) is 0.839. The number of primary amides is 1. The number of carbonyl (C=O) groups is 1. The summed E-state index contributed by atoms with van der Waals surface area (Å²) < 4.78 is 5.66. The van der Waals surface area contributed by atoms with Crippen LogP contribution in [0.1, 0.15) is 26.2 Å². The van der Waals surface area contributed by atoms with Crippen molar-refractivity contribution in [1.82, 2.24) is 4.90 Å². The molecule has 1 aliphatic heterocycles. The highest BCUT2D eigenvalue weighted by molar-refractivity contribution is 5.73. The Morgan fingerprint density at radius 3 is 2.95 bits per heavy atom. The molecule has 0 spiro atoms. The van der Waals surface area contributed by atoms with Gasteiger partial charge < -0.3 is 20.7 Å². The Bertz CT molecular complexity index is 478. The molecule has 1 amide bonds. The highest BCUT2D eigenvalue weighted by Crippen LogP contribution is 2.27. The summed E-state index contributed by atoms with van der Waals surface area (Å²) in [5, 5.41) is 3.57. The lowest BCUT2D eigenvalue weighted by Gasteiger charge is -2.36. The van der Waals surface area contributed by atoms with Crippen molar-refractivity contribution in [2.24, 2.45) is 5.73 Å². The van der Waals surface area contributed by atoms with E-state index < -0.39 is 0 Å². The Morgan fingerprint density at radius 1 is 1.48 bits per heavy atom. The van der Waals surface area contributed by atoms with Crippen molar-refractivity contribution < 1.29 is 9.53 Å². The summed E-state index contributed by atoms with van der Waals surface area (Å²) in [6.45, 7) is 3.67. The normalized spacial score (nSPS) is 22.8. The third-order valence-electron chi connectivity index (χ3n) is 4.06. The standard InChI is InChI=1S/C16H25N3O2/c1-12-11-13(7-9-19(12)2)18-14-5-3-4-6-15(14)21-10-8-16(17)20/h3-6,12-13,18H,7-11H2,1-2H3,(H2,17,20). The minimum absolute atomic E-state index is 0.236. The molecule has 2 unspecified atom stereocenters. The number of piperidine rings is 1. The van der Waals surface area contributed by atoms with Gasteiger partial charge in [-0.3, -0.25) is 4.79 Å². The minimum Gasteiger partial charge on any atom is -0.491 e. The first-order valence-corrected chi connectivity index (χ1v) is 7.53. The molecule has 1 aromatic carbocycles. The third-order valence-corrected chi connectivity index (χ3v) is 4.06. The predicted molar refractivity (Wildman–Crippen MR) is 84.5 cm³/mol. The SMILES string of the molecule is CC1CC(Nc2ccccc2OCCC(N)=O)CCN1C.